The summed E-state index contributed by atoms with van der Waals surface area (Å²) < 4.78 is 8.89. The number of hydrogen-bond donors (Lipinski definition) is 1. The topological polar surface area (TPSA) is 78.6 Å². The van der Waals surface area contributed by atoms with Crippen molar-refractivity contribution in [2.75, 3.05) is 19.8 Å². The first kappa shape index (κ1) is 15.8. The second-order valence-corrected chi connectivity index (χ2v) is 2.12. The van der Waals surface area contributed by atoms with Gasteiger partial charge in [0.25, 0.3) is 0 Å². The Morgan fingerprint density at radius 3 is 1.93 bits per heavy atom. The van der Waals surface area contributed by atoms with Gasteiger partial charge >= 0.3 is 11.9 Å². The summed E-state index contributed by atoms with van der Waals surface area (Å²) in [5.41, 5.74) is 5.02. The molecular weight excluding hydrogens is 198 g/mol. The van der Waals surface area contributed by atoms with Crippen LogP contribution in [-0.4, -0.2) is 31.7 Å². The van der Waals surface area contributed by atoms with Crippen molar-refractivity contribution in [3.63, 3.8) is 0 Å². The molecule has 0 atom stereocenters. The van der Waals surface area contributed by atoms with Crippen molar-refractivity contribution in [3.05, 3.63) is 25.3 Å². The highest BCUT2D eigenvalue weighted by molar-refractivity contribution is 5.81. The summed E-state index contributed by atoms with van der Waals surface area (Å²) in [6, 6.07) is 0. The molecule has 0 heterocycles. The molecule has 0 bridgehead atoms. The third-order valence-corrected chi connectivity index (χ3v) is 0.982. The highest BCUT2D eigenvalue weighted by Gasteiger charge is 1.89. The molecule has 0 aliphatic heterocycles. The van der Waals surface area contributed by atoms with Gasteiger partial charge in [-0.1, -0.05) is 13.2 Å². The molecule has 0 aromatic heterocycles. The van der Waals surface area contributed by atoms with Crippen molar-refractivity contribution in [3.8, 4) is 0 Å². The Hall–Kier alpha value is -1.62. The molecule has 2 N–H and O–H groups in total. The van der Waals surface area contributed by atoms with E-state index in [-0.39, 0.29) is 12.6 Å². The van der Waals surface area contributed by atoms with Crippen molar-refractivity contribution >= 4 is 11.9 Å². The van der Waals surface area contributed by atoms with Gasteiger partial charge in [0.05, 0.1) is 6.61 Å². The van der Waals surface area contributed by atoms with E-state index < -0.39 is 5.97 Å². The molecule has 0 radical (unpaired) electrons. The first-order chi connectivity index (χ1) is 7.12. The van der Waals surface area contributed by atoms with Gasteiger partial charge in [-0.25, -0.2) is 9.59 Å². The molecule has 0 rings (SSSR count). The summed E-state index contributed by atoms with van der Waals surface area (Å²) in [7, 11) is 0. The second-order valence-electron chi connectivity index (χ2n) is 2.12. The molecule has 15 heavy (non-hydrogen) atoms. The van der Waals surface area contributed by atoms with Crippen LogP contribution in [0.5, 0.6) is 0 Å². The van der Waals surface area contributed by atoms with E-state index in [1.807, 2.05) is 0 Å². The van der Waals surface area contributed by atoms with Crippen LogP contribution in [0.25, 0.3) is 0 Å². The number of hydrogen-bond acceptors (Lipinski definition) is 5. The van der Waals surface area contributed by atoms with E-state index in [0.717, 1.165) is 12.2 Å². The van der Waals surface area contributed by atoms with Crippen molar-refractivity contribution in [2.24, 2.45) is 5.73 Å². The predicted octanol–water partition coefficient (Wildman–Crippen LogP) is 0.410. The van der Waals surface area contributed by atoms with Crippen LogP contribution in [0.2, 0.25) is 0 Å². The number of carbonyl (C=O) groups excluding carboxylic acids is 2. The molecule has 5 nitrogen and oxygen atoms in total. The quantitative estimate of drug-likeness (QED) is 0.531. The third kappa shape index (κ3) is 15.2. The van der Waals surface area contributed by atoms with E-state index in [1.165, 1.54) is 0 Å². The average Bonchev–Trinajstić information content (AvgIpc) is 2.26. The molecule has 0 amide bonds. The van der Waals surface area contributed by atoms with E-state index >= 15 is 0 Å². The van der Waals surface area contributed by atoms with Crippen LogP contribution in [0.1, 0.15) is 6.92 Å². The van der Waals surface area contributed by atoms with Gasteiger partial charge in [-0.15, -0.1) is 0 Å². The van der Waals surface area contributed by atoms with Crippen molar-refractivity contribution in [1.82, 2.24) is 0 Å². The van der Waals surface area contributed by atoms with E-state index in [4.69, 9.17) is 5.73 Å². The molecule has 0 fully saturated rings. The summed E-state index contributed by atoms with van der Waals surface area (Å²) in [5.74, 6) is -0.780. The molecule has 0 saturated carbocycles. The normalized spacial score (nSPS) is 7.87. The molecule has 0 aromatic carbocycles. The second kappa shape index (κ2) is 12.4. The van der Waals surface area contributed by atoms with Crippen molar-refractivity contribution in [1.29, 1.82) is 0 Å². The lowest BCUT2D eigenvalue weighted by Crippen LogP contribution is -2.11. The summed E-state index contributed by atoms with van der Waals surface area (Å²) in [6.07, 6.45) is 2.25. The number of carbonyl (C=O) groups is 2. The average molecular weight is 215 g/mol. The SMILES string of the molecule is C=CC(=O)OCC.C=CC(=O)OCCN. The lowest BCUT2D eigenvalue weighted by Gasteiger charge is -1.94. The van der Waals surface area contributed by atoms with E-state index in [1.54, 1.807) is 6.92 Å². The van der Waals surface area contributed by atoms with E-state index in [9.17, 15) is 9.59 Å². The zero-order valence-electron chi connectivity index (χ0n) is 8.90. The zero-order chi connectivity index (χ0) is 12.1. The summed E-state index contributed by atoms with van der Waals surface area (Å²) in [4.78, 5) is 20.2. The maximum atomic E-state index is 10.2. The van der Waals surface area contributed by atoms with Gasteiger partial charge < -0.3 is 15.2 Å². The number of nitrogens with two attached hydrogens (primary N) is 1. The molecule has 0 saturated heterocycles. The largest absolute Gasteiger partial charge is 0.463 e. The maximum absolute atomic E-state index is 10.2. The maximum Gasteiger partial charge on any atom is 0.330 e. The minimum Gasteiger partial charge on any atom is -0.463 e. The summed E-state index contributed by atoms with van der Waals surface area (Å²) in [5, 5.41) is 0. The van der Waals surface area contributed by atoms with Gasteiger partial charge in [-0.3, -0.25) is 0 Å². The van der Waals surface area contributed by atoms with Crippen molar-refractivity contribution in [2.45, 2.75) is 6.92 Å². The number of esters is 2. The lowest BCUT2D eigenvalue weighted by molar-refractivity contribution is -0.138. The monoisotopic (exact) mass is 215 g/mol. The first-order valence-corrected chi connectivity index (χ1v) is 4.40. The van der Waals surface area contributed by atoms with Crippen LogP contribution in [0.3, 0.4) is 0 Å². The zero-order valence-corrected chi connectivity index (χ0v) is 8.90. The fraction of sp³-hybridized carbons (Fsp3) is 0.400. The Morgan fingerprint density at radius 2 is 1.67 bits per heavy atom. The molecule has 0 aromatic rings. The Labute approximate surface area is 89.5 Å². The van der Waals surface area contributed by atoms with Gasteiger partial charge in [-0.05, 0) is 6.92 Å². The predicted molar refractivity (Wildman–Crippen MR) is 57.0 cm³/mol. The molecule has 86 valence electrons. The minimum absolute atomic E-state index is 0.269. The summed E-state index contributed by atoms with van der Waals surface area (Å²) >= 11 is 0. The Kier molecular flexibility index (Phi) is 13.1. The highest BCUT2D eigenvalue weighted by Crippen LogP contribution is 1.75. The van der Waals surface area contributed by atoms with Gasteiger partial charge in [0.15, 0.2) is 0 Å². The van der Waals surface area contributed by atoms with Crippen LogP contribution in [0, 0.1) is 0 Å². The van der Waals surface area contributed by atoms with Crippen molar-refractivity contribution < 1.29 is 19.1 Å². The highest BCUT2D eigenvalue weighted by atomic mass is 16.5. The van der Waals surface area contributed by atoms with Gasteiger partial charge in [-0.2, -0.15) is 0 Å². The number of rotatable bonds is 5. The Balaban J connectivity index is 0. The first-order valence-electron chi connectivity index (χ1n) is 4.40. The standard InChI is InChI=1S/C5H9NO2.C5H8O2/c1-2-5(7)8-4-3-6;1-3-5(6)7-4-2/h2H,1,3-4,6H2;3H,1,4H2,2H3. The molecule has 5 heteroatoms. The van der Waals surface area contributed by atoms with Gasteiger partial charge in [0.1, 0.15) is 6.61 Å². The van der Waals surface area contributed by atoms with Crippen LogP contribution in [-0.2, 0) is 19.1 Å². The molecule has 0 spiro atoms. The van der Waals surface area contributed by atoms with Crippen LogP contribution in [0.4, 0.5) is 0 Å². The molecule has 0 aliphatic carbocycles. The molecule has 0 unspecified atom stereocenters. The molecule has 0 aliphatic rings. The van der Waals surface area contributed by atoms with Gasteiger partial charge in [0, 0.05) is 18.7 Å². The van der Waals surface area contributed by atoms with Crippen LogP contribution in [0.15, 0.2) is 25.3 Å². The van der Waals surface area contributed by atoms with E-state index in [0.29, 0.717) is 13.2 Å². The number of ether oxygens (including phenoxy) is 2. The Morgan fingerprint density at radius 1 is 1.20 bits per heavy atom. The Bertz CT molecular complexity index is 213. The fourth-order valence-corrected chi connectivity index (χ4v) is 0.420. The molecular formula is C10H17NO4. The van der Waals surface area contributed by atoms with E-state index in [2.05, 4.69) is 22.6 Å². The lowest BCUT2D eigenvalue weighted by atomic mass is 10.6. The third-order valence-electron chi connectivity index (χ3n) is 0.982. The van der Waals surface area contributed by atoms with Crippen LogP contribution >= 0.6 is 0 Å². The fourth-order valence-electron chi connectivity index (χ4n) is 0.420. The van der Waals surface area contributed by atoms with Gasteiger partial charge in [0.2, 0.25) is 0 Å². The summed E-state index contributed by atoms with van der Waals surface area (Å²) in [6.45, 7) is 9.21. The van der Waals surface area contributed by atoms with Crippen LogP contribution < -0.4 is 5.73 Å². The minimum atomic E-state index is -0.421. The smallest absolute Gasteiger partial charge is 0.330 e.